The van der Waals surface area contributed by atoms with E-state index in [2.05, 4.69) is 64.1 Å². The SMILES string of the molecule is CCNC(=NCCCn1cnc2ccccc21)NC1CCN(C(C)C)CC1. The van der Waals surface area contributed by atoms with Crippen LogP contribution < -0.4 is 10.6 Å². The summed E-state index contributed by atoms with van der Waals surface area (Å²) in [6, 6.07) is 9.45. The number of aryl methyl sites for hydroxylation is 1. The van der Waals surface area contributed by atoms with Gasteiger partial charge in [0.15, 0.2) is 5.96 Å². The highest BCUT2D eigenvalue weighted by molar-refractivity contribution is 5.80. The van der Waals surface area contributed by atoms with Gasteiger partial charge in [-0.15, -0.1) is 0 Å². The predicted molar refractivity (Wildman–Crippen MR) is 113 cm³/mol. The van der Waals surface area contributed by atoms with E-state index in [4.69, 9.17) is 4.99 Å². The normalized spacial score (nSPS) is 17.0. The lowest BCUT2D eigenvalue weighted by Gasteiger charge is -2.35. The number of hydrogen-bond acceptors (Lipinski definition) is 3. The number of rotatable bonds is 7. The van der Waals surface area contributed by atoms with Crippen LogP contribution in [0.5, 0.6) is 0 Å². The summed E-state index contributed by atoms with van der Waals surface area (Å²) in [5.74, 6) is 0.955. The molecule has 3 rings (SSSR count). The van der Waals surface area contributed by atoms with Crippen LogP contribution in [0.4, 0.5) is 0 Å². The second-order valence-electron chi connectivity index (χ2n) is 7.59. The molecule has 1 aromatic heterocycles. The first-order valence-electron chi connectivity index (χ1n) is 10.4. The smallest absolute Gasteiger partial charge is 0.191 e. The molecule has 2 heterocycles. The third kappa shape index (κ3) is 5.45. The van der Waals surface area contributed by atoms with Gasteiger partial charge in [0.2, 0.25) is 0 Å². The van der Waals surface area contributed by atoms with Gasteiger partial charge >= 0.3 is 0 Å². The number of fused-ring (bicyclic) bond motifs is 1. The van der Waals surface area contributed by atoms with Gasteiger partial charge in [0.25, 0.3) is 0 Å². The van der Waals surface area contributed by atoms with Gasteiger partial charge < -0.3 is 20.1 Å². The van der Waals surface area contributed by atoms with Crippen LogP contribution in [0.1, 0.15) is 40.0 Å². The fourth-order valence-electron chi connectivity index (χ4n) is 3.69. The third-order valence-electron chi connectivity index (χ3n) is 5.30. The van der Waals surface area contributed by atoms with Crippen LogP contribution in [0.15, 0.2) is 35.6 Å². The number of aliphatic imine (C=N–C) groups is 1. The van der Waals surface area contributed by atoms with Crippen molar-refractivity contribution < 1.29 is 0 Å². The van der Waals surface area contributed by atoms with E-state index in [9.17, 15) is 0 Å². The maximum atomic E-state index is 4.79. The summed E-state index contributed by atoms with van der Waals surface area (Å²) in [7, 11) is 0. The minimum Gasteiger partial charge on any atom is -0.357 e. The zero-order valence-corrected chi connectivity index (χ0v) is 17.0. The van der Waals surface area contributed by atoms with Gasteiger partial charge in [-0.2, -0.15) is 0 Å². The Labute approximate surface area is 163 Å². The number of benzene rings is 1. The van der Waals surface area contributed by atoms with Gasteiger partial charge in [-0.3, -0.25) is 4.99 Å². The van der Waals surface area contributed by atoms with Crippen LogP contribution in [-0.4, -0.2) is 58.7 Å². The van der Waals surface area contributed by atoms with Crippen LogP contribution in [-0.2, 0) is 6.54 Å². The first-order valence-corrected chi connectivity index (χ1v) is 10.4. The molecule has 27 heavy (non-hydrogen) atoms. The van der Waals surface area contributed by atoms with Gasteiger partial charge in [0.1, 0.15) is 0 Å². The van der Waals surface area contributed by atoms with Crippen molar-refractivity contribution in [2.75, 3.05) is 26.2 Å². The van der Waals surface area contributed by atoms with Crippen LogP contribution in [0.3, 0.4) is 0 Å². The summed E-state index contributed by atoms with van der Waals surface area (Å²) in [6.07, 6.45) is 5.30. The van der Waals surface area contributed by atoms with E-state index in [1.54, 1.807) is 0 Å². The Morgan fingerprint density at radius 1 is 1.26 bits per heavy atom. The van der Waals surface area contributed by atoms with Crippen molar-refractivity contribution in [2.24, 2.45) is 4.99 Å². The number of guanidine groups is 1. The number of nitrogens with zero attached hydrogens (tertiary/aromatic N) is 4. The Morgan fingerprint density at radius 3 is 2.78 bits per heavy atom. The first kappa shape index (κ1) is 19.7. The molecule has 0 saturated carbocycles. The van der Waals surface area contributed by atoms with E-state index in [0.717, 1.165) is 37.5 Å². The molecule has 1 aliphatic rings. The molecule has 0 aliphatic carbocycles. The van der Waals surface area contributed by atoms with E-state index < -0.39 is 0 Å². The first-order chi connectivity index (χ1) is 13.2. The Bertz CT molecular complexity index is 727. The number of para-hydroxylation sites is 2. The lowest BCUT2D eigenvalue weighted by molar-refractivity contribution is 0.167. The fraction of sp³-hybridized carbons (Fsp3) is 0.619. The molecular formula is C21H34N6. The molecule has 1 saturated heterocycles. The van der Waals surface area contributed by atoms with Crippen molar-refractivity contribution in [3.63, 3.8) is 0 Å². The van der Waals surface area contributed by atoms with E-state index in [0.29, 0.717) is 12.1 Å². The molecule has 0 spiro atoms. The minimum atomic E-state index is 0.524. The number of piperidine rings is 1. The Kier molecular flexibility index (Phi) is 7.10. The molecule has 1 aliphatic heterocycles. The van der Waals surface area contributed by atoms with E-state index in [1.165, 1.54) is 31.4 Å². The van der Waals surface area contributed by atoms with Crippen LogP contribution >= 0.6 is 0 Å². The highest BCUT2D eigenvalue weighted by atomic mass is 15.2. The predicted octanol–water partition coefficient (Wildman–Crippen LogP) is 2.85. The second kappa shape index (κ2) is 9.74. The van der Waals surface area contributed by atoms with Crippen molar-refractivity contribution >= 4 is 17.0 Å². The highest BCUT2D eigenvalue weighted by Crippen LogP contribution is 2.13. The zero-order chi connectivity index (χ0) is 19.1. The van der Waals surface area contributed by atoms with Crippen molar-refractivity contribution in [2.45, 2.75) is 58.7 Å². The monoisotopic (exact) mass is 370 g/mol. The van der Waals surface area contributed by atoms with Crippen molar-refractivity contribution in [1.29, 1.82) is 0 Å². The van der Waals surface area contributed by atoms with Gasteiger partial charge in [-0.1, -0.05) is 12.1 Å². The molecule has 0 radical (unpaired) electrons. The Morgan fingerprint density at radius 2 is 2.04 bits per heavy atom. The van der Waals surface area contributed by atoms with Gasteiger partial charge in [-0.25, -0.2) is 4.98 Å². The van der Waals surface area contributed by atoms with E-state index >= 15 is 0 Å². The number of aromatic nitrogens is 2. The molecule has 148 valence electrons. The largest absolute Gasteiger partial charge is 0.357 e. The maximum Gasteiger partial charge on any atom is 0.191 e. The van der Waals surface area contributed by atoms with E-state index in [1.807, 2.05) is 12.4 Å². The summed E-state index contributed by atoms with van der Waals surface area (Å²) in [6.45, 7) is 11.7. The van der Waals surface area contributed by atoms with Crippen molar-refractivity contribution in [3.8, 4) is 0 Å². The second-order valence-corrected chi connectivity index (χ2v) is 7.59. The van der Waals surface area contributed by atoms with Gasteiger partial charge in [0, 0.05) is 44.8 Å². The summed E-state index contributed by atoms with van der Waals surface area (Å²) < 4.78 is 2.22. The fourth-order valence-corrected chi connectivity index (χ4v) is 3.69. The summed E-state index contributed by atoms with van der Waals surface area (Å²) in [5, 5.41) is 7.03. The zero-order valence-electron chi connectivity index (χ0n) is 17.0. The third-order valence-corrected chi connectivity index (χ3v) is 5.30. The minimum absolute atomic E-state index is 0.524. The topological polar surface area (TPSA) is 57.5 Å². The Balaban J connectivity index is 1.47. The van der Waals surface area contributed by atoms with E-state index in [-0.39, 0.29) is 0 Å². The highest BCUT2D eigenvalue weighted by Gasteiger charge is 2.21. The molecule has 0 unspecified atom stereocenters. The number of hydrogen-bond donors (Lipinski definition) is 2. The molecule has 0 atom stereocenters. The number of nitrogens with one attached hydrogen (secondary N) is 2. The summed E-state index contributed by atoms with van der Waals surface area (Å²) in [5.41, 5.74) is 2.26. The molecule has 2 N–H and O–H groups in total. The quantitative estimate of drug-likeness (QED) is 0.447. The van der Waals surface area contributed by atoms with Crippen LogP contribution in [0, 0.1) is 0 Å². The van der Waals surface area contributed by atoms with Gasteiger partial charge in [0.05, 0.1) is 17.4 Å². The lowest BCUT2D eigenvalue weighted by atomic mass is 10.0. The maximum absolute atomic E-state index is 4.79. The Hall–Kier alpha value is -2.08. The summed E-state index contributed by atoms with van der Waals surface area (Å²) in [4.78, 5) is 11.8. The van der Waals surface area contributed by atoms with Crippen molar-refractivity contribution in [1.82, 2.24) is 25.1 Å². The van der Waals surface area contributed by atoms with Crippen LogP contribution in [0.2, 0.25) is 0 Å². The average molecular weight is 371 g/mol. The molecular weight excluding hydrogens is 336 g/mol. The molecule has 1 aromatic carbocycles. The standard InChI is InChI=1S/C21H34N6/c1-4-22-21(25-18-10-14-26(15-11-18)17(2)3)23-12-7-13-27-16-24-19-8-5-6-9-20(19)27/h5-6,8-9,16-18H,4,7,10-15H2,1-3H3,(H2,22,23,25). The van der Waals surface area contributed by atoms with Gasteiger partial charge in [-0.05, 0) is 52.2 Å². The lowest BCUT2D eigenvalue weighted by Crippen LogP contribution is -2.49. The van der Waals surface area contributed by atoms with Crippen LogP contribution in [0.25, 0.3) is 11.0 Å². The summed E-state index contributed by atoms with van der Waals surface area (Å²) >= 11 is 0. The molecule has 2 aromatic rings. The molecule has 6 heteroatoms. The van der Waals surface area contributed by atoms with Crippen molar-refractivity contribution in [3.05, 3.63) is 30.6 Å². The molecule has 1 fully saturated rings. The average Bonchev–Trinajstić information content (AvgIpc) is 3.09. The number of imidazole rings is 1. The molecule has 6 nitrogen and oxygen atoms in total. The molecule has 0 bridgehead atoms. The number of likely N-dealkylation sites (tertiary alicyclic amines) is 1. The molecule has 0 amide bonds.